The molecule has 1 heteroatoms. The van der Waals surface area contributed by atoms with Crippen LogP contribution in [0.5, 0.6) is 0 Å². The molecule has 0 aliphatic rings. The average molecular weight is 542 g/mol. The van der Waals surface area contributed by atoms with E-state index in [4.69, 9.17) is 0 Å². The number of aromatic nitrogens is 1. The predicted octanol–water partition coefficient (Wildman–Crippen LogP) is 11.7. The number of hydrogen-bond acceptors (Lipinski definition) is 0. The van der Waals surface area contributed by atoms with E-state index in [0.717, 1.165) is 0 Å². The van der Waals surface area contributed by atoms with Crippen LogP contribution in [0.3, 0.4) is 0 Å². The molecular formula is C42H23N. The average Bonchev–Trinajstić information content (AvgIpc) is 3.61. The molecule has 0 bridgehead atoms. The Morgan fingerprint density at radius 2 is 0.767 bits per heavy atom. The molecular weight excluding hydrogens is 518 g/mol. The zero-order valence-corrected chi connectivity index (χ0v) is 23.2. The summed E-state index contributed by atoms with van der Waals surface area (Å²) in [5.74, 6) is 0. The van der Waals surface area contributed by atoms with E-state index in [-0.39, 0.29) is 0 Å². The Morgan fingerprint density at radius 3 is 1.47 bits per heavy atom. The van der Waals surface area contributed by atoms with Gasteiger partial charge in [-0.15, -0.1) is 0 Å². The molecule has 0 aliphatic carbocycles. The van der Waals surface area contributed by atoms with E-state index in [1.54, 1.807) is 0 Å². The highest BCUT2D eigenvalue weighted by atomic mass is 14.9. The van der Waals surface area contributed by atoms with Gasteiger partial charge in [0, 0.05) is 27.1 Å². The number of rotatable bonds is 1. The highest BCUT2D eigenvalue weighted by molar-refractivity contribution is 6.39. The second-order valence-electron chi connectivity index (χ2n) is 12.0. The lowest BCUT2D eigenvalue weighted by Gasteiger charge is -2.13. The van der Waals surface area contributed by atoms with Gasteiger partial charge in [0.1, 0.15) is 0 Å². The van der Waals surface area contributed by atoms with E-state index < -0.39 is 0 Å². The second-order valence-corrected chi connectivity index (χ2v) is 12.0. The maximum Gasteiger partial charge on any atom is 0.0627 e. The lowest BCUT2D eigenvalue weighted by atomic mass is 9.91. The molecule has 2 aromatic heterocycles. The van der Waals surface area contributed by atoms with E-state index in [0.29, 0.717) is 0 Å². The first-order valence-electron chi connectivity index (χ1n) is 15.0. The third-order valence-corrected chi connectivity index (χ3v) is 10.0. The third-order valence-electron chi connectivity index (χ3n) is 10.0. The molecule has 0 N–H and O–H groups in total. The van der Waals surface area contributed by atoms with Crippen molar-refractivity contribution in [1.29, 1.82) is 0 Å². The van der Waals surface area contributed by atoms with Crippen LogP contribution in [0.2, 0.25) is 0 Å². The largest absolute Gasteiger partial charge is 0.307 e. The third kappa shape index (κ3) is 2.56. The van der Waals surface area contributed by atoms with Crippen LogP contribution in [0.1, 0.15) is 0 Å². The minimum absolute atomic E-state index is 1.25. The zero-order valence-electron chi connectivity index (χ0n) is 23.2. The number of fused-ring (bicyclic) bond motifs is 13. The number of nitrogens with zero attached hydrogens (tertiary/aromatic N) is 1. The molecule has 0 spiro atoms. The summed E-state index contributed by atoms with van der Waals surface area (Å²) in [6.07, 6.45) is 0. The second kappa shape index (κ2) is 7.59. The predicted molar refractivity (Wildman–Crippen MR) is 185 cm³/mol. The van der Waals surface area contributed by atoms with Crippen molar-refractivity contribution in [3.63, 3.8) is 0 Å². The van der Waals surface area contributed by atoms with Crippen molar-refractivity contribution in [2.45, 2.75) is 0 Å². The van der Waals surface area contributed by atoms with Crippen LogP contribution >= 0.6 is 0 Å². The molecule has 0 saturated carbocycles. The molecule has 11 rings (SSSR count). The van der Waals surface area contributed by atoms with Gasteiger partial charge in [0.05, 0.1) is 16.6 Å². The Hall–Kier alpha value is -5.66. The van der Waals surface area contributed by atoms with Crippen LogP contribution in [0.4, 0.5) is 0 Å². The first kappa shape index (κ1) is 22.0. The molecule has 0 amide bonds. The zero-order chi connectivity index (χ0) is 27.8. The monoisotopic (exact) mass is 541 g/mol. The summed E-state index contributed by atoms with van der Waals surface area (Å²) in [6.45, 7) is 0. The molecule has 11 aromatic rings. The Balaban J connectivity index is 1.33. The van der Waals surface area contributed by atoms with Crippen molar-refractivity contribution >= 4 is 92.0 Å². The molecule has 0 saturated heterocycles. The summed E-state index contributed by atoms with van der Waals surface area (Å²) in [6, 6.07) is 52.1. The minimum Gasteiger partial charge on any atom is -0.307 e. The standard InChI is InChI=1S/C42H23N/c1-2-11-28-26(9-1)27-10-3-6-14-31(27)37-23-24(19-20-32(28)37)25-15-7-17-35-36-22-21-34-30-13-5-4-12-29(30)33-16-8-18-38-39(33)40(34)42(36)43(38)41(25)35/h1-23H. The van der Waals surface area contributed by atoms with Gasteiger partial charge in [-0.05, 0) is 71.6 Å². The highest BCUT2D eigenvalue weighted by Gasteiger charge is 2.24. The fourth-order valence-corrected chi connectivity index (χ4v) is 8.35. The Kier molecular flexibility index (Phi) is 3.88. The van der Waals surface area contributed by atoms with Crippen LogP contribution in [0, 0.1) is 0 Å². The van der Waals surface area contributed by atoms with Gasteiger partial charge in [-0.25, -0.2) is 0 Å². The van der Waals surface area contributed by atoms with E-state index >= 15 is 0 Å². The molecule has 0 fully saturated rings. The Bertz CT molecular complexity index is 2900. The minimum atomic E-state index is 1.25. The summed E-state index contributed by atoms with van der Waals surface area (Å²) < 4.78 is 2.56. The maximum atomic E-state index is 2.56. The molecule has 0 unspecified atom stereocenters. The van der Waals surface area contributed by atoms with E-state index in [9.17, 15) is 0 Å². The van der Waals surface area contributed by atoms with Crippen LogP contribution < -0.4 is 0 Å². The molecule has 0 atom stereocenters. The lowest BCUT2D eigenvalue weighted by molar-refractivity contribution is 1.37. The first-order chi connectivity index (χ1) is 21.4. The quantitative estimate of drug-likeness (QED) is 0.182. The van der Waals surface area contributed by atoms with Gasteiger partial charge in [0.25, 0.3) is 0 Å². The van der Waals surface area contributed by atoms with Gasteiger partial charge < -0.3 is 4.40 Å². The van der Waals surface area contributed by atoms with Crippen molar-refractivity contribution in [1.82, 2.24) is 4.40 Å². The van der Waals surface area contributed by atoms with Gasteiger partial charge in [-0.2, -0.15) is 0 Å². The molecule has 0 radical (unpaired) electrons. The first-order valence-corrected chi connectivity index (χ1v) is 15.0. The number of hydrogen-bond donors (Lipinski definition) is 0. The molecule has 2 heterocycles. The van der Waals surface area contributed by atoms with Crippen LogP contribution in [0.15, 0.2) is 140 Å². The van der Waals surface area contributed by atoms with Gasteiger partial charge in [0.2, 0.25) is 0 Å². The van der Waals surface area contributed by atoms with E-state index in [2.05, 4.69) is 144 Å². The van der Waals surface area contributed by atoms with Gasteiger partial charge in [-0.1, -0.05) is 127 Å². The molecule has 196 valence electrons. The van der Waals surface area contributed by atoms with Crippen LogP contribution in [-0.4, -0.2) is 4.40 Å². The number of para-hydroxylation sites is 1. The van der Waals surface area contributed by atoms with E-state index in [1.165, 1.54) is 103 Å². The summed E-state index contributed by atoms with van der Waals surface area (Å²) in [4.78, 5) is 0. The number of benzene rings is 9. The van der Waals surface area contributed by atoms with Crippen molar-refractivity contribution in [2.75, 3.05) is 0 Å². The topological polar surface area (TPSA) is 4.41 Å². The van der Waals surface area contributed by atoms with Crippen LogP contribution in [0.25, 0.3) is 103 Å². The van der Waals surface area contributed by atoms with Crippen molar-refractivity contribution in [2.24, 2.45) is 0 Å². The van der Waals surface area contributed by atoms with Crippen LogP contribution in [-0.2, 0) is 0 Å². The molecule has 1 nitrogen and oxygen atoms in total. The van der Waals surface area contributed by atoms with Crippen molar-refractivity contribution in [3.8, 4) is 11.1 Å². The smallest absolute Gasteiger partial charge is 0.0627 e. The Morgan fingerprint density at radius 1 is 0.302 bits per heavy atom. The van der Waals surface area contributed by atoms with Crippen molar-refractivity contribution in [3.05, 3.63) is 140 Å². The Labute approximate surface area is 246 Å². The molecule has 0 aliphatic heterocycles. The maximum absolute atomic E-state index is 2.56. The molecule has 43 heavy (non-hydrogen) atoms. The van der Waals surface area contributed by atoms with Gasteiger partial charge in [0.15, 0.2) is 0 Å². The molecule has 9 aromatic carbocycles. The summed E-state index contributed by atoms with van der Waals surface area (Å²) >= 11 is 0. The normalized spacial score (nSPS) is 12.7. The van der Waals surface area contributed by atoms with Gasteiger partial charge in [-0.3, -0.25) is 0 Å². The summed E-state index contributed by atoms with van der Waals surface area (Å²) in [7, 11) is 0. The van der Waals surface area contributed by atoms with E-state index in [1.807, 2.05) is 0 Å². The fourth-order valence-electron chi connectivity index (χ4n) is 8.35. The highest BCUT2D eigenvalue weighted by Crippen LogP contribution is 2.48. The fraction of sp³-hybridized carbons (Fsp3) is 0. The van der Waals surface area contributed by atoms with Crippen molar-refractivity contribution < 1.29 is 0 Å². The SMILES string of the molecule is c1ccc2c(c1)c1ccccc1c1cc(-c3cccc4c5ccc6c7ccccc7c7cccc8c7c6c5n8c34)ccc21. The van der Waals surface area contributed by atoms with Gasteiger partial charge >= 0.3 is 0 Å². The summed E-state index contributed by atoms with van der Waals surface area (Å²) in [5, 5.41) is 18.6. The lowest BCUT2D eigenvalue weighted by Crippen LogP contribution is -1.88. The summed E-state index contributed by atoms with van der Waals surface area (Å²) in [5.41, 5.74) is 6.45.